The summed E-state index contributed by atoms with van der Waals surface area (Å²) < 4.78 is 5.74. The third-order valence-corrected chi connectivity index (χ3v) is 2.85. The van der Waals surface area contributed by atoms with Crippen LogP contribution in [-0.2, 0) is 0 Å². The van der Waals surface area contributed by atoms with Gasteiger partial charge in [0.1, 0.15) is 5.75 Å². The van der Waals surface area contributed by atoms with Crippen molar-refractivity contribution in [3.63, 3.8) is 0 Å². The molecule has 0 saturated heterocycles. The molecule has 2 N–H and O–H groups in total. The van der Waals surface area contributed by atoms with E-state index in [0.29, 0.717) is 16.6 Å². The molecule has 1 fully saturated rings. The topological polar surface area (TPSA) is 35.2 Å². The number of nitrogen functional groups attached to an aromatic ring is 1. The second-order valence-electron chi connectivity index (χ2n) is 3.85. The normalized spacial score (nSPS) is 17.9. The zero-order valence-electron chi connectivity index (χ0n) is 8.16. The Kier molecular flexibility index (Phi) is 2.55. The molecule has 0 radical (unpaired) electrons. The van der Waals surface area contributed by atoms with E-state index in [-0.39, 0.29) is 6.10 Å². The average molecular weight is 212 g/mol. The molecule has 1 aromatic rings. The van der Waals surface area contributed by atoms with Gasteiger partial charge in [-0.05, 0) is 43.9 Å². The largest absolute Gasteiger partial charge is 0.489 e. The van der Waals surface area contributed by atoms with Crippen molar-refractivity contribution in [1.82, 2.24) is 0 Å². The molecular weight excluding hydrogens is 198 g/mol. The molecule has 2 rings (SSSR count). The van der Waals surface area contributed by atoms with Crippen molar-refractivity contribution in [3.05, 3.63) is 23.2 Å². The van der Waals surface area contributed by atoms with Crippen molar-refractivity contribution < 1.29 is 4.74 Å². The van der Waals surface area contributed by atoms with Crippen LogP contribution in [-0.4, -0.2) is 6.10 Å². The number of nitrogens with two attached hydrogens (primary N) is 1. The first-order valence-electron chi connectivity index (χ1n) is 4.88. The standard InChI is InChI=1S/C11H14ClNO/c1-7(8-2-3-8)14-11-5-4-9(13)6-10(11)12/h4-8H,2-3,13H2,1H3. The van der Waals surface area contributed by atoms with Crippen LogP contribution in [0.1, 0.15) is 19.8 Å². The fourth-order valence-corrected chi connectivity index (χ4v) is 1.71. The van der Waals surface area contributed by atoms with Crippen molar-refractivity contribution >= 4 is 17.3 Å². The highest BCUT2D eigenvalue weighted by molar-refractivity contribution is 6.32. The Morgan fingerprint density at radius 2 is 2.21 bits per heavy atom. The monoisotopic (exact) mass is 211 g/mol. The Balaban J connectivity index is 2.07. The Morgan fingerprint density at radius 3 is 2.79 bits per heavy atom. The number of ether oxygens (including phenoxy) is 1. The molecule has 3 heteroatoms. The summed E-state index contributed by atoms with van der Waals surface area (Å²) in [5.41, 5.74) is 6.26. The average Bonchev–Trinajstić information content (AvgIpc) is 2.92. The summed E-state index contributed by atoms with van der Waals surface area (Å²) in [7, 11) is 0. The Morgan fingerprint density at radius 1 is 1.50 bits per heavy atom. The highest BCUT2D eigenvalue weighted by Gasteiger charge is 2.29. The lowest BCUT2D eigenvalue weighted by molar-refractivity contribution is 0.198. The summed E-state index contributed by atoms with van der Waals surface area (Å²) in [6.07, 6.45) is 2.80. The van der Waals surface area contributed by atoms with Crippen LogP contribution in [0, 0.1) is 5.92 Å². The highest BCUT2D eigenvalue weighted by atomic mass is 35.5. The van der Waals surface area contributed by atoms with E-state index in [1.54, 1.807) is 12.1 Å². The zero-order valence-corrected chi connectivity index (χ0v) is 8.92. The van der Waals surface area contributed by atoms with Crippen molar-refractivity contribution in [2.24, 2.45) is 5.92 Å². The number of benzene rings is 1. The maximum Gasteiger partial charge on any atom is 0.138 e. The third-order valence-electron chi connectivity index (χ3n) is 2.55. The molecule has 1 aromatic carbocycles. The summed E-state index contributed by atoms with van der Waals surface area (Å²) >= 11 is 5.99. The van der Waals surface area contributed by atoms with Gasteiger partial charge in [0, 0.05) is 5.69 Å². The van der Waals surface area contributed by atoms with E-state index < -0.39 is 0 Å². The molecule has 0 spiro atoms. The molecule has 76 valence electrons. The molecule has 0 bridgehead atoms. The van der Waals surface area contributed by atoms with Gasteiger partial charge in [0.25, 0.3) is 0 Å². The Bertz CT molecular complexity index is 336. The van der Waals surface area contributed by atoms with E-state index in [4.69, 9.17) is 22.1 Å². The number of rotatable bonds is 3. The van der Waals surface area contributed by atoms with Crippen molar-refractivity contribution in [1.29, 1.82) is 0 Å². The quantitative estimate of drug-likeness (QED) is 0.780. The second-order valence-corrected chi connectivity index (χ2v) is 4.26. The van der Waals surface area contributed by atoms with Gasteiger partial charge in [-0.15, -0.1) is 0 Å². The minimum Gasteiger partial charge on any atom is -0.489 e. The lowest BCUT2D eigenvalue weighted by Crippen LogP contribution is -2.14. The van der Waals surface area contributed by atoms with Crippen molar-refractivity contribution in [3.8, 4) is 5.75 Å². The molecule has 1 saturated carbocycles. The van der Waals surface area contributed by atoms with Gasteiger partial charge in [-0.2, -0.15) is 0 Å². The number of hydrogen-bond donors (Lipinski definition) is 1. The molecule has 0 aromatic heterocycles. The zero-order chi connectivity index (χ0) is 10.1. The number of halogens is 1. The molecule has 1 atom stereocenters. The molecule has 1 aliphatic carbocycles. The molecule has 0 heterocycles. The predicted molar refractivity (Wildman–Crippen MR) is 58.7 cm³/mol. The first-order valence-corrected chi connectivity index (χ1v) is 5.26. The first-order chi connectivity index (χ1) is 6.66. The maximum absolute atomic E-state index is 5.99. The maximum atomic E-state index is 5.99. The van der Waals surface area contributed by atoms with Crippen LogP contribution < -0.4 is 10.5 Å². The van der Waals surface area contributed by atoms with E-state index in [2.05, 4.69) is 6.92 Å². The van der Waals surface area contributed by atoms with Crippen LogP contribution in [0.4, 0.5) is 5.69 Å². The van der Waals surface area contributed by atoms with Crippen LogP contribution in [0.2, 0.25) is 5.02 Å². The summed E-state index contributed by atoms with van der Waals surface area (Å²) in [5, 5.41) is 0.595. The minimum atomic E-state index is 0.260. The van der Waals surface area contributed by atoms with Gasteiger partial charge in [-0.1, -0.05) is 11.6 Å². The number of hydrogen-bond acceptors (Lipinski definition) is 2. The predicted octanol–water partition coefficient (Wildman–Crippen LogP) is 3.10. The molecule has 0 aliphatic heterocycles. The smallest absolute Gasteiger partial charge is 0.138 e. The van der Waals surface area contributed by atoms with Crippen molar-refractivity contribution in [2.75, 3.05) is 5.73 Å². The van der Waals surface area contributed by atoms with Crippen LogP contribution in [0.5, 0.6) is 5.75 Å². The molecule has 14 heavy (non-hydrogen) atoms. The van der Waals surface area contributed by atoms with Crippen LogP contribution in [0.25, 0.3) is 0 Å². The van der Waals surface area contributed by atoms with E-state index in [9.17, 15) is 0 Å². The Hall–Kier alpha value is -0.890. The SMILES string of the molecule is CC(Oc1ccc(N)cc1Cl)C1CC1. The van der Waals surface area contributed by atoms with E-state index >= 15 is 0 Å². The van der Waals surface area contributed by atoms with Crippen molar-refractivity contribution in [2.45, 2.75) is 25.9 Å². The Labute approximate surface area is 89.0 Å². The molecule has 2 nitrogen and oxygen atoms in total. The lowest BCUT2D eigenvalue weighted by atomic mass is 10.2. The third kappa shape index (κ3) is 2.13. The summed E-state index contributed by atoms with van der Waals surface area (Å²) in [6, 6.07) is 5.36. The van der Waals surface area contributed by atoms with E-state index in [1.807, 2.05) is 6.07 Å². The van der Waals surface area contributed by atoms with Gasteiger partial charge in [-0.3, -0.25) is 0 Å². The van der Waals surface area contributed by atoms with E-state index in [0.717, 1.165) is 5.75 Å². The number of anilines is 1. The second kappa shape index (κ2) is 3.70. The summed E-state index contributed by atoms with van der Waals surface area (Å²) in [5.74, 6) is 1.45. The molecule has 1 unspecified atom stereocenters. The fourth-order valence-electron chi connectivity index (χ4n) is 1.47. The molecular formula is C11H14ClNO. The van der Waals surface area contributed by atoms with Crippen LogP contribution in [0.15, 0.2) is 18.2 Å². The summed E-state index contributed by atoms with van der Waals surface area (Å²) in [6.45, 7) is 2.09. The molecule has 1 aliphatic rings. The highest BCUT2D eigenvalue weighted by Crippen LogP contribution is 2.36. The van der Waals surface area contributed by atoms with Gasteiger partial charge in [0.2, 0.25) is 0 Å². The van der Waals surface area contributed by atoms with E-state index in [1.165, 1.54) is 12.8 Å². The van der Waals surface area contributed by atoms with Gasteiger partial charge >= 0.3 is 0 Å². The van der Waals surface area contributed by atoms with Crippen LogP contribution in [0.3, 0.4) is 0 Å². The summed E-state index contributed by atoms with van der Waals surface area (Å²) in [4.78, 5) is 0. The first kappa shape index (κ1) is 9.66. The van der Waals surface area contributed by atoms with Gasteiger partial charge < -0.3 is 10.5 Å². The van der Waals surface area contributed by atoms with Gasteiger partial charge in [0.15, 0.2) is 0 Å². The fraction of sp³-hybridized carbons (Fsp3) is 0.455. The minimum absolute atomic E-state index is 0.260. The van der Waals surface area contributed by atoms with Crippen LogP contribution >= 0.6 is 11.6 Å². The van der Waals surface area contributed by atoms with Gasteiger partial charge in [0.05, 0.1) is 11.1 Å². The lowest BCUT2D eigenvalue weighted by Gasteiger charge is -2.14. The molecule has 0 amide bonds. The van der Waals surface area contributed by atoms with Gasteiger partial charge in [-0.25, -0.2) is 0 Å².